The number of pyridine rings is 1. The second kappa shape index (κ2) is 4.17. The lowest BCUT2D eigenvalue weighted by molar-refractivity contribution is 0.808. The molecule has 1 fully saturated rings. The molecule has 0 radical (unpaired) electrons. The molecule has 1 aliphatic rings. The summed E-state index contributed by atoms with van der Waals surface area (Å²) < 4.78 is 0. The van der Waals surface area contributed by atoms with E-state index in [1.54, 1.807) is 0 Å². The SMILES string of the molecule is Cc1cc(C2(c3ccccc3)CC2)nc2ccccc12. The lowest BCUT2D eigenvalue weighted by atomic mass is 9.90. The highest BCUT2D eigenvalue weighted by atomic mass is 14.8. The van der Waals surface area contributed by atoms with Crippen LogP contribution in [0.4, 0.5) is 0 Å². The zero-order valence-corrected chi connectivity index (χ0v) is 11.6. The van der Waals surface area contributed by atoms with Crippen LogP contribution in [0.15, 0.2) is 60.7 Å². The molecule has 0 aliphatic heterocycles. The Morgan fingerprint density at radius 3 is 2.35 bits per heavy atom. The van der Waals surface area contributed by atoms with Gasteiger partial charge in [0.1, 0.15) is 0 Å². The van der Waals surface area contributed by atoms with Crippen LogP contribution in [0.3, 0.4) is 0 Å². The number of aryl methyl sites for hydroxylation is 1. The average Bonchev–Trinajstić information content (AvgIpc) is 3.30. The normalized spacial score (nSPS) is 16.2. The van der Waals surface area contributed by atoms with E-state index >= 15 is 0 Å². The molecule has 0 unspecified atom stereocenters. The summed E-state index contributed by atoms with van der Waals surface area (Å²) in [4.78, 5) is 4.95. The first-order chi connectivity index (χ1) is 9.79. The number of hydrogen-bond acceptors (Lipinski definition) is 1. The molecule has 0 N–H and O–H groups in total. The summed E-state index contributed by atoms with van der Waals surface area (Å²) in [6.07, 6.45) is 2.42. The van der Waals surface area contributed by atoms with Gasteiger partial charge in [-0.1, -0.05) is 48.5 Å². The highest BCUT2D eigenvalue weighted by Crippen LogP contribution is 2.53. The van der Waals surface area contributed by atoms with E-state index in [2.05, 4.69) is 67.6 Å². The van der Waals surface area contributed by atoms with Gasteiger partial charge in [0.15, 0.2) is 0 Å². The molecule has 1 heteroatoms. The summed E-state index contributed by atoms with van der Waals surface area (Å²) >= 11 is 0. The molecule has 0 spiro atoms. The molecule has 20 heavy (non-hydrogen) atoms. The van der Waals surface area contributed by atoms with Gasteiger partial charge in [0, 0.05) is 10.8 Å². The molecule has 0 saturated heterocycles. The predicted molar refractivity (Wildman–Crippen MR) is 82.9 cm³/mol. The van der Waals surface area contributed by atoms with Gasteiger partial charge in [0.25, 0.3) is 0 Å². The number of hydrogen-bond donors (Lipinski definition) is 0. The van der Waals surface area contributed by atoms with Gasteiger partial charge in [-0.15, -0.1) is 0 Å². The molecule has 2 aromatic carbocycles. The summed E-state index contributed by atoms with van der Waals surface area (Å²) in [6.45, 7) is 2.19. The molecule has 98 valence electrons. The van der Waals surface area contributed by atoms with Crippen molar-refractivity contribution in [2.24, 2.45) is 0 Å². The van der Waals surface area contributed by atoms with Gasteiger partial charge in [-0.25, -0.2) is 0 Å². The Balaban J connectivity index is 1.91. The van der Waals surface area contributed by atoms with Crippen molar-refractivity contribution in [3.05, 3.63) is 77.5 Å². The standard InChI is InChI=1S/C19H17N/c1-14-13-18(20-17-10-6-5-9-16(14)17)19(11-12-19)15-7-3-2-4-8-15/h2-10,13H,11-12H2,1H3. The van der Waals surface area contributed by atoms with Gasteiger partial charge in [-0.2, -0.15) is 0 Å². The molecule has 1 nitrogen and oxygen atoms in total. The smallest absolute Gasteiger partial charge is 0.0708 e. The number of fused-ring (bicyclic) bond motifs is 1. The fraction of sp³-hybridized carbons (Fsp3) is 0.211. The van der Waals surface area contributed by atoms with Gasteiger partial charge in [0.05, 0.1) is 11.2 Å². The van der Waals surface area contributed by atoms with Gasteiger partial charge in [0.2, 0.25) is 0 Å². The van der Waals surface area contributed by atoms with E-state index in [9.17, 15) is 0 Å². The zero-order valence-electron chi connectivity index (χ0n) is 11.6. The Kier molecular flexibility index (Phi) is 2.43. The molecule has 4 rings (SSSR count). The number of nitrogens with zero attached hydrogens (tertiary/aromatic N) is 1. The third-order valence-corrected chi connectivity index (χ3v) is 4.49. The molecule has 1 heterocycles. The Labute approximate surface area is 119 Å². The molecular formula is C19H17N. The topological polar surface area (TPSA) is 12.9 Å². The van der Waals surface area contributed by atoms with E-state index < -0.39 is 0 Å². The first kappa shape index (κ1) is 11.7. The van der Waals surface area contributed by atoms with E-state index in [0.717, 1.165) is 5.52 Å². The van der Waals surface area contributed by atoms with Crippen molar-refractivity contribution in [1.82, 2.24) is 4.98 Å². The van der Waals surface area contributed by atoms with Crippen molar-refractivity contribution in [3.8, 4) is 0 Å². The Hall–Kier alpha value is -2.15. The van der Waals surface area contributed by atoms with Crippen LogP contribution in [0.1, 0.15) is 29.7 Å². The molecule has 1 saturated carbocycles. The van der Waals surface area contributed by atoms with E-state index in [4.69, 9.17) is 4.98 Å². The van der Waals surface area contributed by atoms with Gasteiger partial charge >= 0.3 is 0 Å². The Morgan fingerprint density at radius 1 is 0.900 bits per heavy atom. The number of benzene rings is 2. The lowest BCUT2D eigenvalue weighted by Gasteiger charge is -2.17. The van der Waals surface area contributed by atoms with Crippen LogP contribution in [0.25, 0.3) is 10.9 Å². The summed E-state index contributed by atoms with van der Waals surface area (Å²) in [6, 6.07) is 21.5. The summed E-state index contributed by atoms with van der Waals surface area (Å²) in [5.74, 6) is 0. The maximum Gasteiger partial charge on any atom is 0.0708 e. The Morgan fingerprint density at radius 2 is 1.60 bits per heavy atom. The minimum Gasteiger partial charge on any atom is -0.252 e. The molecule has 1 aromatic heterocycles. The first-order valence-corrected chi connectivity index (χ1v) is 7.22. The fourth-order valence-electron chi connectivity index (χ4n) is 3.17. The third kappa shape index (κ3) is 1.66. The van der Waals surface area contributed by atoms with E-state index in [-0.39, 0.29) is 5.41 Å². The van der Waals surface area contributed by atoms with Crippen LogP contribution < -0.4 is 0 Å². The predicted octanol–water partition coefficient (Wildman–Crippen LogP) is 4.62. The molecular weight excluding hydrogens is 242 g/mol. The van der Waals surface area contributed by atoms with Crippen LogP contribution in [-0.4, -0.2) is 4.98 Å². The van der Waals surface area contributed by atoms with Gasteiger partial charge in [-0.3, -0.25) is 4.98 Å². The first-order valence-electron chi connectivity index (χ1n) is 7.22. The Bertz CT molecular complexity index is 770. The summed E-state index contributed by atoms with van der Waals surface area (Å²) in [5.41, 5.74) is 5.25. The van der Waals surface area contributed by atoms with E-state index in [1.807, 2.05) is 0 Å². The minimum absolute atomic E-state index is 0.163. The van der Waals surface area contributed by atoms with Crippen LogP contribution in [0, 0.1) is 6.92 Å². The van der Waals surface area contributed by atoms with Crippen molar-refractivity contribution in [1.29, 1.82) is 0 Å². The number of para-hydroxylation sites is 1. The largest absolute Gasteiger partial charge is 0.252 e. The number of aromatic nitrogens is 1. The number of rotatable bonds is 2. The fourth-order valence-corrected chi connectivity index (χ4v) is 3.17. The molecule has 0 bridgehead atoms. The van der Waals surface area contributed by atoms with Crippen LogP contribution in [0.5, 0.6) is 0 Å². The minimum atomic E-state index is 0.163. The molecule has 0 amide bonds. The molecule has 3 aromatic rings. The maximum absolute atomic E-state index is 4.95. The highest BCUT2D eigenvalue weighted by molar-refractivity contribution is 5.82. The van der Waals surface area contributed by atoms with Gasteiger partial charge < -0.3 is 0 Å². The van der Waals surface area contributed by atoms with Crippen molar-refractivity contribution >= 4 is 10.9 Å². The summed E-state index contributed by atoms with van der Waals surface area (Å²) in [5, 5.41) is 1.26. The molecule has 0 atom stereocenters. The van der Waals surface area contributed by atoms with Gasteiger partial charge in [-0.05, 0) is 43.0 Å². The third-order valence-electron chi connectivity index (χ3n) is 4.49. The second-order valence-electron chi connectivity index (χ2n) is 5.79. The van der Waals surface area contributed by atoms with Crippen molar-refractivity contribution in [2.45, 2.75) is 25.2 Å². The van der Waals surface area contributed by atoms with Crippen LogP contribution in [-0.2, 0) is 5.41 Å². The molecule has 1 aliphatic carbocycles. The van der Waals surface area contributed by atoms with E-state index in [1.165, 1.54) is 35.0 Å². The van der Waals surface area contributed by atoms with Crippen molar-refractivity contribution in [2.75, 3.05) is 0 Å². The van der Waals surface area contributed by atoms with Crippen LogP contribution >= 0.6 is 0 Å². The lowest BCUT2D eigenvalue weighted by Crippen LogP contribution is -2.11. The maximum atomic E-state index is 4.95. The van der Waals surface area contributed by atoms with E-state index in [0.29, 0.717) is 0 Å². The van der Waals surface area contributed by atoms with Crippen LogP contribution in [0.2, 0.25) is 0 Å². The monoisotopic (exact) mass is 259 g/mol. The van der Waals surface area contributed by atoms with Crippen molar-refractivity contribution < 1.29 is 0 Å². The second-order valence-corrected chi connectivity index (χ2v) is 5.79. The highest BCUT2D eigenvalue weighted by Gasteiger charge is 2.47. The quantitative estimate of drug-likeness (QED) is 0.654. The zero-order chi connectivity index (χ0) is 13.6. The average molecular weight is 259 g/mol. The summed E-state index contributed by atoms with van der Waals surface area (Å²) in [7, 11) is 0. The van der Waals surface area contributed by atoms with Crippen molar-refractivity contribution in [3.63, 3.8) is 0 Å².